The van der Waals surface area contributed by atoms with Crippen molar-refractivity contribution in [2.24, 2.45) is 0 Å². The van der Waals surface area contributed by atoms with Crippen LogP contribution >= 0.6 is 0 Å². The predicted molar refractivity (Wildman–Crippen MR) is 37.7 cm³/mol. The molecule has 0 aliphatic heterocycles. The zero-order valence-electron chi connectivity index (χ0n) is 7.33. The van der Waals surface area contributed by atoms with Crippen molar-refractivity contribution >= 4 is 0 Å². The van der Waals surface area contributed by atoms with E-state index in [1.54, 1.807) is 0 Å². The molecule has 0 aromatic rings. The van der Waals surface area contributed by atoms with Crippen molar-refractivity contribution < 1.29 is 31.4 Å². The van der Waals surface area contributed by atoms with Gasteiger partial charge in [-0.05, 0) is 5.57 Å². The molecule has 0 aromatic carbocycles. The molecule has 84 valence electrons. The lowest BCUT2D eigenvalue weighted by Gasteiger charge is -2.13. The maximum absolute atomic E-state index is 12.0. The molecule has 0 saturated carbocycles. The molecule has 0 amide bonds. The largest absolute Gasteiger partial charge is 0.522 e. The zero-order chi connectivity index (χ0) is 11.4. The smallest absolute Gasteiger partial charge is 0.316 e. The van der Waals surface area contributed by atoms with Gasteiger partial charge in [-0.1, -0.05) is 6.58 Å². The molecule has 0 heterocycles. The topological polar surface area (TPSA) is 18.5 Å². The van der Waals surface area contributed by atoms with Crippen molar-refractivity contribution in [3.05, 3.63) is 12.2 Å². The molecule has 0 atom stereocenters. The van der Waals surface area contributed by atoms with Crippen LogP contribution in [0, 0.1) is 0 Å². The highest BCUT2D eigenvalue weighted by Gasteiger charge is 2.29. The number of halogens is 5. The number of hydrogen-bond acceptors (Lipinski definition) is 2. The average Bonchev–Trinajstić information content (AvgIpc) is 1.94. The van der Waals surface area contributed by atoms with Crippen molar-refractivity contribution in [1.82, 2.24) is 0 Å². The van der Waals surface area contributed by atoms with Gasteiger partial charge in [0, 0.05) is 6.92 Å². The molecular weight excluding hydrogens is 211 g/mol. The molecule has 0 saturated heterocycles. The Morgan fingerprint density at radius 2 is 1.50 bits per heavy atom. The first-order chi connectivity index (χ1) is 6.10. The lowest BCUT2D eigenvalue weighted by atomic mass is 10.3. The fraction of sp³-hybridized carbons (Fsp3) is 0.714. The van der Waals surface area contributed by atoms with Crippen LogP contribution in [0.25, 0.3) is 0 Å². The summed E-state index contributed by atoms with van der Waals surface area (Å²) < 4.78 is 65.6. The third kappa shape index (κ3) is 9.40. The van der Waals surface area contributed by atoms with Crippen LogP contribution in [-0.4, -0.2) is 25.7 Å². The highest BCUT2D eigenvalue weighted by Crippen LogP contribution is 2.18. The normalized spacial score (nSPS) is 13.0. The minimum absolute atomic E-state index is 0.219. The summed E-state index contributed by atoms with van der Waals surface area (Å²) in [5.41, 5.74) is -0.219. The van der Waals surface area contributed by atoms with E-state index >= 15 is 0 Å². The Labute approximate surface area is 77.3 Å². The highest BCUT2D eigenvalue weighted by atomic mass is 19.4. The van der Waals surface area contributed by atoms with Crippen LogP contribution in [0.5, 0.6) is 0 Å². The van der Waals surface area contributed by atoms with Crippen molar-refractivity contribution in [3.8, 4) is 0 Å². The van der Waals surface area contributed by atoms with Gasteiger partial charge in [0.25, 0.3) is 0 Å². The standard InChI is InChI=1S/C7H9F5O2/c1-5(3-13-6(2,8)9)4-14-7(10,11)12/h1,3-4H2,2H3. The van der Waals surface area contributed by atoms with Gasteiger partial charge in [-0.25, -0.2) is 0 Å². The Morgan fingerprint density at radius 1 is 1.07 bits per heavy atom. The van der Waals surface area contributed by atoms with Crippen LogP contribution in [0.2, 0.25) is 0 Å². The van der Waals surface area contributed by atoms with Crippen LogP contribution in [0.3, 0.4) is 0 Å². The van der Waals surface area contributed by atoms with Crippen LogP contribution in [0.1, 0.15) is 6.92 Å². The van der Waals surface area contributed by atoms with Gasteiger partial charge in [-0.2, -0.15) is 8.78 Å². The van der Waals surface area contributed by atoms with E-state index in [0.717, 1.165) is 0 Å². The molecule has 0 spiro atoms. The maximum Gasteiger partial charge on any atom is 0.522 e. The summed E-state index contributed by atoms with van der Waals surface area (Å²) >= 11 is 0. The van der Waals surface area contributed by atoms with Crippen LogP contribution in [-0.2, 0) is 9.47 Å². The Bertz CT molecular complexity index is 173. The average molecular weight is 220 g/mol. The Morgan fingerprint density at radius 3 is 1.86 bits per heavy atom. The zero-order valence-corrected chi connectivity index (χ0v) is 7.33. The molecular formula is C7H9F5O2. The molecule has 0 rings (SSSR count). The van der Waals surface area contributed by atoms with E-state index in [1.807, 2.05) is 0 Å². The van der Waals surface area contributed by atoms with Crippen molar-refractivity contribution in [1.29, 1.82) is 0 Å². The summed E-state index contributed by atoms with van der Waals surface area (Å²) in [4.78, 5) is 0. The quantitative estimate of drug-likeness (QED) is 0.523. The van der Waals surface area contributed by atoms with Gasteiger partial charge < -0.3 is 4.74 Å². The Kier molecular flexibility index (Phi) is 4.47. The molecule has 0 bridgehead atoms. The second kappa shape index (κ2) is 4.70. The minimum atomic E-state index is -4.79. The summed E-state index contributed by atoms with van der Waals surface area (Å²) in [5, 5.41) is 0. The first-order valence-electron chi connectivity index (χ1n) is 3.49. The van der Waals surface area contributed by atoms with E-state index in [9.17, 15) is 22.0 Å². The maximum atomic E-state index is 12.0. The van der Waals surface area contributed by atoms with Gasteiger partial charge in [0.05, 0.1) is 13.2 Å². The molecule has 0 aromatic heterocycles. The third-order valence-corrected chi connectivity index (χ3v) is 0.970. The molecule has 0 aliphatic rings. The minimum Gasteiger partial charge on any atom is -0.316 e. The van der Waals surface area contributed by atoms with Crippen molar-refractivity contribution in [2.75, 3.05) is 13.2 Å². The third-order valence-electron chi connectivity index (χ3n) is 0.970. The lowest BCUT2D eigenvalue weighted by molar-refractivity contribution is -0.321. The Balaban J connectivity index is 3.68. The number of ether oxygens (including phenoxy) is 2. The summed E-state index contributed by atoms with van der Waals surface area (Å²) in [6.45, 7) is 1.98. The van der Waals surface area contributed by atoms with Crippen LogP contribution < -0.4 is 0 Å². The van der Waals surface area contributed by atoms with Crippen molar-refractivity contribution in [3.63, 3.8) is 0 Å². The van der Waals surface area contributed by atoms with Gasteiger partial charge in [0.15, 0.2) is 0 Å². The molecule has 0 aliphatic carbocycles. The SMILES string of the molecule is C=C(COC(C)(F)F)COC(F)(F)F. The van der Waals surface area contributed by atoms with Gasteiger partial charge >= 0.3 is 12.5 Å². The number of hydrogen-bond donors (Lipinski definition) is 0. The molecule has 2 nitrogen and oxygen atoms in total. The fourth-order valence-electron chi connectivity index (χ4n) is 0.454. The molecule has 14 heavy (non-hydrogen) atoms. The molecule has 0 N–H and O–H groups in total. The van der Waals surface area contributed by atoms with Crippen LogP contribution in [0.15, 0.2) is 12.2 Å². The van der Waals surface area contributed by atoms with Crippen molar-refractivity contribution in [2.45, 2.75) is 19.4 Å². The van der Waals surface area contributed by atoms with Crippen LogP contribution in [0.4, 0.5) is 22.0 Å². The summed E-state index contributed by atoms with van der Waals surface area (Å²) in [5.74, 6) is 0. The summed E-state index contributed by atoms with van der Waals surface area (Å²) in [6.07, 6.45) is -8.18. The van der Waals surface area contributed by atoms with E-state index in [2.05, 4.69) is 16.1 Å². The summed E-state index contributed by atoms with van der Waals surface area (Å²) in [6, 6.07) is 0. The van der Waals surface area contributed by atoms with Gasteiger partial charge in [0.1, 0.15) is 0 Å². The predicted octanol–water partition coefficient (Wildman–Crippen LogP) is 2.71. The molecule has 0 unspecified atom stereocenters. The van der Waals surface area contributed by atoms with E-state index in [0.29, 0.717) is 6.92 Å². The first-order valence-corrected chi connectivity index (χ1v) is 3.49. The first kappa shape index (κ1) is 13.3. The second-order valence-corrected chi connectivity index (χ2v) is 2.58. The monoisotopic (exact) mass is 220 g/mol. The summed E-state index contributed by atoms with van der Waals surface area (Å²) in [7, 11) is 0. The molecule has 0 radical (unpaired) electrons. The van der Waals surface area contributed by atoms with E-state index in [1.165, 1.54) is 0 Å². The molecule has 7 heteroatoms. The van der Waals surface area contributed by atoms with Gasteiger partial charge in [-0.15, -0.1) is 13.2 Å². The van der Waals surface area contributed by atoms with E-state index in [-0.39, 0.29) is 5.57 Å². The highest BCUT2D eigenvalue weighted by molar-refractivity contribution is 4.94. The van der Waals surface area contributed by atoms with Gasteiger partial charge in [0.2, 0.25) is 0 Å². The Hall–Kier alpha value is -0.690. The second-order valence-electron chi connectivity index (χ2n) is 2.58. The van der Waals surface area contributed by atoms with Gasteiger partial charge in [-0.3, -0.25) is 4.74 Å². The van der Waals surface area contributed by atoms with E-state index in [4.69, 9.17) is 0 Å². The number of alkyl halides is 5. The number of rotatable bonds is 5. The fourth-order valence-corrected chi connectivity index (χ4v) is 0.454. The van der Waals surface area contributed by atoms with E-state index < -0.39 is 25.7 Å². The lowest BCUT2D eigenvalue weighted by Crippen LogP contribution is -2.20. The molecule has 0 fully saturated rings.